The van der Waals surface area contributed by atoms with Crippen LogP contribution in [-0.4, -0.2) is 4.57 Å². The number of rotatable bonds is 2. The van der Waals surface area contributed by atoms with Crippen molar-refractivity contribution in [2.45, 2.75) is 6.54 Å². The minimum Gasteiger partial charge on any atom is -0.399 e. The van der Waals surface area contributed by atoms with Crippen LogP contribution < -0.4 is 5.73 Å². The molecule has 3 rings (SSSR count). The van der Waals surface area contributed by atoms with Crippen LogP contribution in [0.15, 0.2) is 54.7 Å². The van der Waals surface area contributed by atoms with Gasteiger partial charge >= 0.3 is 0 Å². The van der Waals surface area contributed by atoms with Gasteiger partial charge in [0.05, 0.1) is 0 Å². The maximum absolute atomic E-state index is 5.76. The Bertz CT molecular complexity index is 638. The van der Waals surface area contributed by atoms with E-state index in [0.717, 1.165) is 17.6 Å². The third-order valence-corrected chi connectivity index (χ3v) is 2.90. The average Bonchev–Trinajstić information content (AvgIpc) is 2.73. The van der Waals surface area contributed by atoms with Gasteiger partial charge in [-0.05, 0) is 23.8 Å². The molecule has 0 aliphatic rings. The molecule has 2 nitrogen and oxygen atoms in total. The van der Waals surface area contributed by atoms with Gasteiger partial charge in [0.2, 0.25) is 0 Å². The highest BCUT2D eigenvalue weighted by Gasteiger charge is 2.02. The lowest BCUT2D eigenvalue weighted by atomic mass is 10.2. The van der Waals surface area contributed by atoms with Crippen molar-refractivity contribution < 1.29 is 0 Å². The summed E-state index contributed by atoms with van der Waals surface area (Å²) < 4.78 is 2.18. The van der Waals surface area contributed by atoms with E-state index >= 15 is 0 Å². The summed E-state index contributed by atoms with van der Waals surface area (Å²) in [6, 6.07) is 19.6. The lowest BCUT2D eigenvalue weighted by molar-refractivity contribution is 0.836. The molecule has 1 heterocycles. The Morgan fingerprint density at radius 3 is 2.71 bits per heavy atom. The molecule has 1 aromatic heterocycles. The summed E-state index contributed by atoms with van der Waals surface area (Å²) >= 11 is 0. The van der Waals surface area contributed by atoms with Gasteiger partial charge < -0.3 is 10.3 Å². The molecule has 0 atom stereocenters. The number of nitrogens with two attached hydrogens (primary N) is 1. The third-order valence-electron chi connectivity index (χ3n) is 2.90. The topological polar surface area (TPSA) is 30.9 Å². The fraction of sp³-hybridized carbons (Fsp3) is 0.0667. The van der Waals surface area contributed by atoms with Gasteiger partial charge in [-0.3, -0.25) is 0 Å². The number of hydrogen-bond acceptors (Lipinski definition) is 1. The minimum absolute atomic E-state index is 0.784. The summed E-state index contributed by atoms with van der Waals surface area (Å²) in [7, 11) is 0. The van der Waals surface area contributed by atoms with Gasteiger partial charge in [0.25, 0.3) is 0 Å². The Morgan fingerprint density at radius 2 is 1.88 bits per heavy atom. The first-order valence-electron chi connectivity index (χ1n) is 5.63. The van der Waals surface area contributed by atoms with Crippen LogP contribution in [0.1, 0.15) is 5.56 Å². The van der Waals surface area contributed by atoms with Crippen LogP contribution >= 0.6 is 0 Å². The highest BCUT2D eigenvalue weighted by atomic mass is 14.9. The van der Waals surface area contributed by atoms with Crippen molar-refractivity contribution in [3.63, 3.8) is 0 Å². The molecule has 0 saturated heterocycles. The highest BCUT2D eigenvalue weighted by Crippen LogP contribution is 2.19. The monoisotopic (exact) mass is 221 g/mol. The smallest absolute Gasteiger partial charge is 0.0491 e. The molecule has 0 aliphatic heterocycles. The normalized spacial score (nSPS) is 10.8. The second-order valence-corrected chi connectivity index (χ2v) is 4.16. The van der Waals surface area contributed by atoms with Crippen molar-refractivity contribution in [2.24, 2.45) is 0 Å². The third kappa shape index (κ3) is 1.89. The van der Waals surface area contributed by atoms with Crippen LogP contribution in [-0.2, 0) is 6.54 Å². The summed E-state index contributed by atoms with van der Waals surface area (Å²) in [5.41, 5.74) is 9.00. The lowest BCUT2D eigenvalue weighted by Gasteiger charge is -2.05. The second kappa shape index (κ2) is 3.98. The zero-order chi connectivity index (χ0) is 11.7. The van der Waals surface area contributed by atoms with Crippen molar-refractivity contribution >= 4 is 16.6 Å². The number of aromatic nitrogens is 1. The number of anilines is 1. The lowest BCUT2D eigenvalue weighted by Crippen LogP contribution is -1.97. The Labute approximate surface area is 100 Å². The fourth-order valence-electron chi connectivity index (χ4n) is 2.05. The van der Waals surface area contributed by atoms with E-state index in [0.29, 0.717) is 0 Å². The van der Waals surface area contributed by atoms with Gasteiger partial charge in [-0.25, -0.2) is 0 Å². The van der Waals surface area contributed by atoms with E-state index in [1.165, 1.54) is 11.1 Å². The molecule has 0 aliphatic carbocycles. The van der Waals surface area contributed by atoms with E-state index in [4.69, 9.17) is 5.73 Å². The van der Waals surface area contributed by atoms with Crippen LogP contribution in [0.4, 0.5) is 5.69 Å². The van der Waals surface area contributed by atoms with E-state index in [-0.39, 0.29) is 0 Å². The van der Waals surface area contributed by atoms with Crippen molar-refractivity contribution in [2.75, 3.05) is 5.73 Å². The standard InChI is InChI=1S/C15H13N2/c16-14-6-7-15-13(10-14)8-9-17(15)11-12-4-2-1-3-5-12/h1-7,9-10H,11,16H2. The first kappa shape index (κ1) is 9.97. The predicted octanol–water partition coefficient (Wildman–Crippen LogP) is 3.07. The number of fused-ring (bicyclic) bond motifs is 1. The molecule has 0 saturated carbocycles. The largest absolute Gasteiger partial charge is 0.399 e. The number of benzene rings is 2. The summed E-state index contributed by atoms with van der Waals surface area (Å²) in [6.07, 6.45) is 1.98. The van der Waals surface area contributed by atoms with Crippen molar-refractivity contribution in [1.29, 1.82) is 0 Å². The van der Waals surface area contributed by atoms with Crippen LogP contribution in [0, 0.1) is 6.07 Å². The van der Waals surface area contributed by atoms with Crippen molar-refractivity contribution in [3.8, 4) is 0 Å². The molecular formula is C15H13N2. The molecule has 0 fully saturated rings. The van der Waals surface area contributed by atoms with Gasteiger partial charge in [-0.15, -0.1) is 0 Å². The van der Waals surface area contributed by atoms with Crippen molar-refractivity contribution in [1.82, 2.24) is 4.57 Å². The summed E-state index contributed by atoms with van der Waals surface area (Å²) in [4.78, 5) is 0. The van der Waals surface area contributed by atoms with Crippen LogP contribution in [0.2, 0.25) is 0 Å². The van der Waals surface area contributed by atoms with E-state index in [9.17, 15) is 0 Å². The summed E-state index contributed by atoms with van der Waals surface area (Å²) in [5.74, 6) is 0. The summed E-state index contributed by atoms with van der Waals surface area (Å²) in [6.45, 7) is 0.866. The van der Waals surface area contributed by atoms with Gasteiger partial charge in [0.15, 0.2) is 0 Å². The molecule has 3 aromatic rings. The molecular weight excluding hydrogens is 208 g/mol. The Hall–Kier alpha value is -2.22. The van der Waals surface area contributed by atoms with E-state index in [1.54, 1.807) is 0 Å². The predicted molar refractivity (Wildman–Crippen MR) is 70.7 cm³/mol. The molecule has 2 heteroatoms. The quantitative estimate of drug-likeness (QED) is 0.662. The fourth-order valence-corrected chi connectivity index (χ4v) is 2.05. The molecule has 0 bridgehead atoms. The van der Waals surface area contributed by atoms with E-state index < -0.39 is 0 Å². The number of hydrogen-bond donors (Lipinski definition) is 1. The van der Waals surface area contributed by atoms with E-state index in [2.05, 4.69) is 34.9 Å². The second-order valence-electron chi connectivity index (χ2n) is 4.16. The molecule has 1 radical (unpaired) electrons. The van der Waals surface area contributed by atoms with Gasteiger partial charge in [-0.2, -0.15) is 0 Å². The Balaban J connectivity index is 2.01. The molecule has 0 amide bonds. The Morgan fingerprint density at radius 1 is 1.06 bits per heavy atom. The summed E-state index contributed by atoms with van der Waals surface area (Å²) in [5, 5.41) is 1.07. The maximum Gasteiger partial charge on any atom is 0.0491 e. The number of nitrogen functional groups attached to an aromatic ring is 1. The molecule has 2 aromatic carbocycles. The first-order valence-corrected chi connectivity index (χ1v) is 5.63. The molecule has 83 valence electrons. The van der Waals surface area contributed by atoms with Gasteiger partial charge in [0, 0.05) is 35.4 Å². The van der Waals surface area contributed by atoms with Crippen LogP contribution in [0.3, 0.4) is 0 Å². The minimum atomic E-state index is 0.784. The first-order chi connectivity index (χ1) is 8.33. The number of nitrogens with zero attached hydrogens (tertiary/aromatic N) is 1. The van der Waals surface area contributed by atoms with Gasteiger partial charge in [0.1, 0.15) is 0 Å². The molecule has 17 heavy (non-hydrogen) atoms. The molecule has 0 spiro atoms. The van der Waals surface area contributed by atoms with E-state index in [1.807, 2.05) is 30.5 Å². The van der Waals surface area contributed by atoms with Crippen molar-refractivity contribution in [3.05, 3.63) is 66.4 Å². The van der Waals surface area contributed by atoms with Crippen LogP contribution in [0.5, 0.6) is 0 Å². The zero-order valence-corrected chi connectivity index (χ0v) is 9.43. The highest BCUT2D eigenvalue weighted by molar-refractivity contribution is 5.82. The Kier molecular flexibility index (Phi) is 2.33. The van der Waals surface area contributed by atoms with Gasteiger partial charge in [-0.1, -0.05) is 30.3 Å². The SMILES string of the molecule is Nc1ccc2c([c]cn2Cc2ccccc2)c1. The molecule has 0 unspecified atom stereocenters. The zero-order valence-electron chi connectivity index (χ0n) is 9.43. The van der Waals surface area contributed by atoms with Crippen LogP contribution in [0.25, 0.3) is 10.9 Å². The maximum atomic E-state index is 5.76. The average molecular weight is 221 g/mol. The molecule has 2 N–H and O–H groups in total.